The van der Waals surface area contributed by atoms with Crippen LogP contribution in [-0.4, -0.2) is 4.98 Å². The first-order valence-electron chi connectivity index (χ1n) is 5.25. The van der Waals surface area contributed by atoms with Gasteiger partial charge >= 0.3 is 0 Å². The van der Waals surface area contributed by atoms with Crippen molar-refractivity contribution in [3.05, 3.63) is 57.2 Å². The Labute approximate surface area is 114 Å². The maximum atomic E-state index is 6.07. The molecule has 0 aliphatic heterocycles. The number of rotatable bonds is 3. The Morgan fingerprint density at radius 3 is 2.88 bits per heavy atom. The standard InChI is InChI=1S/C13H12BrClN2/c1-9-3-2-4-10(5-9)7-16-13-12(15)6-11(14)8-17-13/h2-6,8H,7H2,1H3,(H,16,17). The number of halogens is 2. The average Bonchev–Trinajstić information content (AvgIpc) is 2.28. The Morgan fingerprint density at radius 1 is 1.35 bits per heavy atom. The maximum Gasteiger partial charge on any atom is 0.145 e. The van der Waals surface area contributed by atoms with Gasteiger partial charge in [-0.3, -0.25) is 0 Å². The Bertz CT molecular complexity index is 529. The molecule has 0 saturated heterocycles. The van der Waals surface area contributed by atoms with Crippen molar-refractivity contribution >= 4 is 33.3 Å². The number of nitrogens with one attached hydrogen (secondary N) is 1. The Balaban J connectivity index is 2.07. The van der Waals surface area contributed by atoms with Crippen molar-refractivity contribution in [2.75, 3.05) is 5.32 Å². The summed E-state index contributed by atoms with van der Waals surface area (Å²) in [7, 11) is 0. The molecule has 0 unspecified atom stereocenters. The fourth-order valence-corrected chi connectivity index (χ4v) is 2.25. The Morgan fingerprint density at radius 2 is 2.18 bits per heavy atom. The molecule has 2 nitrogen and oxygen atoms in total. The van der Waals surface area contributed by atoms with Crippen LogP contribution in [0.1, 0.15) is 11.1 Å². The maximum absolute atomic E-state index is 6.07. The van der Waals surface area contributed by atoms with Gasteiger partial charge in [0.1, 0.15) is 5.82 Å². The molecular formula is C13H12BrClN2. The number of nitrogens with zero attached hydrogens (tertiary/aromatic N) is 1. The molecule has 0 bridgehead atoms. The summed E-state index contributed by atoms with van der Waals surface area (Å²) in [6, 6.07) is 10.2. The summed E-state index contributed by atoms with van der Waals surface area (Å²) >= 11 is 9.40. The summed E-state index contributed by atoms with van der Waals surface area (Å²) in [5.74, 6) is 0.705. The lowest BCUT2D eigenvalue weighted by molar-refractivity contribution is 1.10. The van der Waals surface area contributed by atoms with E-state index in [1.807, 2.05) is 12.1 Å². The smallest absolute Gasteiger partial charge is 0.145 e. The number of aryl methyl sites for hydroxylation is 1. The Hall–Kier alpha value is -1.06. The quantitative estimate of drug-likeness (QED) is 0.907. The van der Waals surface area contributed by atoms with Gasteiger partial charge < -0.3 is 5.32 Å². The summed E-state index contributed by atoms with van der Waals surface area (Å²) < 4.78 is 0.878. The number of benzene rings is 1. The molecule has 0 spiro atoms. The van der Waals surface area contributed by atoms with E-state index in [1.54, 1.807) is 6.20 Å². The lowest BCUT2D eigenvalue weighted by Gasteiger charge is -2.08. The average molecular weight is 312 g/mol. The molecule has 2 rings (SSSR count). The van der Waals surface area contributed by atoms with E-state index >= 15 is 0 Å². The highest BCUT2D eigenvalue weighted by atomic mass is 79.9. The SMILES string of the molecule is Cc1cccc(CNc2ncc(Br)cc2Cl)c1. The van der Waals surface area contributed by atoms with Crippen LogP contribution in [0.15, 0.2) is 41.0 Å². The third-order valence-corrected chi connectivity index (χ3v) is 3.07. The summed E-state index contributed by atoms with van der Waals surface area (Å²) in [5.41, 5.74) is 2.46. The highest BCUT2D eigenvalue weighted by molar-refractivity contribution is 9.10. The van der Waals surface area contributed by atoms with Crippen LogP contribution in [-0.2, 0) is 6.54 Å². The molecule has 0 aliphatic rings. The first-order valence-corrected chi connectivity index (χ1v) is 6.43. The molecule has 0 aliphatic carbocycles. The second-order valence-electron chi connectivity index (χ2n) is 3.83. The van der Waals surface area contributed by atoms with Crippen LogP contribution >= 0.6 is 27.5 Å². The summed E-state index contributed by atoms with van der Waals surface area (Å²) in [4.78, 5) is 4.23. The molecular weight excluding hydrogens is 300 g/mol. The minimum absolute atomic E-state index is 0.618. The molecule has 0 radical (unpaired) electrons. The van der Waals surface area contributed by atoms with Crippen molar-refractivity contribution in [2.24, 2.45) is 0 Å². The van der Waals surface area contributed by atoms with E-state index in [9.17, 15) is 0 Å². The van der Waals surface area contributed by atoms with E-state index in [-0.39, 0.29) is 0 Å². The number of hydrogen-bond acceptors (Lipinski definition) is 2. The molecule has 1 aromatic heterocycles. The zero-order chi connectivity index (χ0) is 12.3. The minimum Gasteiger partial charge on any atom is -0.365 e. The van der Waals surface area contributed by atoms with Gasteiger partial charge in [0.15, 0.2) is 0 Å². The van der Waals surface area contributed by atoms with E-state index < -0.39 is 0 Å². The Kier molecular flexibility index (Phi) is 4.02. The van der Waals surface area contributed by atoms with Crippen molar-refractivity contribution in [1.29, 1.82) is 0 Å². The first kappa shape index (κ1) is 12.4. The van der Waals surface area contributed by atoms with Crippen LogP contribution in [0.4, 0.5) is 5.82 Å². The normalized spacial score (nSPS) is 10.3. The van der Waals surface area contributed by atoms with E-state index in [0.717, 1.165) is 11.0 Å². The predicted octanol–water partition coefficient (Wildman–Crippen LogP) is 4.42. The largest absolute Gasteiger partial charge is 0.365 e. The fourth-order valence-electron chi connectivity index (χ4n) is 1.55. The lowest BCUT2D eigenvalue weighted by Crippen LogP contribution is -2.02. The molecule has 0 amide bonds. The molecule has 1 heterocycles. The number of pyridine rings is 1. The van der Waals surface area contributed by atoms with Gasteiger partial charge in [0.05, 0.1) is 5.02 Å². The van der Waals surface area contributed by atoms with Crippen molar-refractivity contribution < 1.29 is 0 Å². The van der Waals surface area contributed by atoms with Crippen LogP contribution in [0.5, 0.6) is 0 Å². The zero-order valence-corrected chi connectivity index (χ0v) is 11.7. The fraction of sp³-hybridized carbons (Fsp3) is 0.154. The van der Waals surface area contributed by atoms with Gasteiger partial charge in [-0.2, -0.15) is 0 Å². The first-order chi connectivity index (χ1) is 8.15. The van der Waals surface area contributed by atoms with E-state index in [4.69, 9.17) is 11.6 Å². The number of anilines is 1. The topological polar surface area (TPSA) is 24.9 Å². The van der Waals surface area contributed by atoms with Crippen molar-refractivity contribution in [3.63, 3.8) is 0 Å². The molecule has 1 aromatic carbocycles. The van der Waals surface area contributed by atoms with Crippen LogP contribution in [0.2, 0.25) is 5.02 Å². The number of hydrogen-bond donors (Lipinski definition) is 1. The van der Waals surface area contributed by atoms with E-state index in [1.165, 1.54) is 11.1 Å². The highest BCUT2D eigenvalue weighted by Gasteiger charge is 2.02. The second-order valence-corrected chi connectivity index (χ2v) is 5.15. The van der Waals surface area contributed by atoms with E-state index in [0.29, 0.717) is 10.8 Å². The molecule has 17 heavy (non-hydrogen) atoms. The van der Waals surface area contributed by atoms with Gasteiger partial charge in [-0.25, -0.2) is 4.98 Å². The predicted molar refractivity (Wildman–Crippen MR) is 75.5 cm³/mol. The van der Waals surface area contributed by atoms with Crippen LogP contribution in [0, 0.1) is 6.92 Å². The van der Waals surface area contributed by atoms with Gasteiger partial charge in [0.2, 0.25) is 0 Å². The molecule has 0 saturated carbocycles. The lowest BCUT2D eigenvalue weighted by atomic mass is 10.1. The highest BCUT2D eigenvalue weighted by Crippen LogP contribution is 2.23. The zero-order valence-electron chi connectivity index (χ0n) is 9.37. The van der Waals surface area contributed by atoms with Gasteiger partial charge in [-0.1, -0.05) is 41.4 Å². The molecule has 1 N–H and O–H groups in total. The minimum atomic E-state index is 0.618. The van der Waals surface area contributed by atoms with Crippen molar-refractivity contribution in [2.45, 2.75) is 13.5 Å². The summed E-state index contributed by atoms with van der Waals surface area (Å²) in [6.45, 7) is 2.80. The van der Waals surface area contributed by atoms with Gasteiger partial charge in [-0.15, -0.1) is 0 Å². The molecule has 2 aromatic rings. The summed E-state index contributed by atoms with van der Waals surface area (Å²) in [5, 5.41) is 3.84. The van der Waals surface area contributed by atoms with Gasteiger partial charge in [0.25, 0.3) is 0 Å². The van der Waals surface area contributed by atoms with Gasteiger partial charge in [0, 0.05) is 17.2 Å². The van der Waals surface area contributed by atoms with Crippen molar-refractivity contribution in [1.82, 2.24) is 4.98 Å². The molecule has 4 heteroatoms. The third kappa shape index (κ3) is 3.45. The molecule has 0 atom stereocenters. The van der Waals surface area contributed by atoms with Crippen molar-refractivity contribution in [3.8, 4) is 0 Å². The van der Waals surface area contributed by atoms with E-state index in [2.05, 4.69) is 51.4 Å². The summed E-state index contributed by atoms with van der Waals surface area (Å²) in [6.07, 6.45) is 1.73. The number of aromatic nitrogens is 1. The molecule has 0 fully saturated rings. The van der Waals surface area contributed by atoms with Crippen LogP contribution in [0.3, 0.4) is 0 Å². The monoisotopic (exact) mass is 310 g/mol. The van der Waals surface area contributed by atoms with Crippen LogP contribution in [0.25, 0.3) is 0 Å². The van der Waals surface area contributed by atoms with Gasteiger partial charge in [-0.05, 0) is 34.5 Å². The van der Waals surface area contributed by atoms with Crippen LogP contribution < -0.4 is 5.32 Å². The third-order valence-electron chi connectivity index (χ3n) is 2.35. The second kappa shape index (κ2) is 5.52. The molecule has 88 valence electrons.